The fourth-order valence-corrected chi connectivity index (χ4v) is 5.54. The van der Waals surface area contributed by atoms with Gasteiger partial charge in [-0.15, -0.1) is 0 Å². The predicted molar refractivity (Wildman–Crippen MR) is 101 cm³/mol. The first-order valence-electron chi connectivity index (χ1n) is 7.92. The highest BCUT2D eigenvalue weighted by molar-refractivity contribution is 7.99. The Morgan fingerprint density at radius 1 is 1.12 bits per heavy atom. The molecule has 1 amide bonds. The Bertz CT molecular complexity index is 829. The highest BCUT2D eigenvalue weighted by atomic mass is 32.2. The zero-order chi connectivity index (χ0) is 18.0. The largest absolute Gasteiger partial charge is 0.465 e. The molecule has 132 valence electrons. The first-order valence-corrected chi connectivity index (χ1v) is 10.4. The second-order valence-corrected chi connectivity index (χ2v) is 9.41. The first-order chi connectivity index (χ1) is 11.9. The molecule has 6 nitrogen and oxygen atoms in total. The Morgan fingerprint density at radius 3 is 2.44 bits per heavy atom. The van der Waals surface area contributed by atoms with Crippen LogP contribution in [0, 0.1) is 5.92 Å². The van der Waals surface area contributed by atoms with E-state index in [1.165, 1.54) is 0 Å². The summed E-state index contributed by atoms with van der Waals surface area (Å²) in [7, 11) is -3.45. The molecule has 0 fully saturated rings. The van der Waals surface area contributed by atoms with Crippen molar-refractivity contribution < 1.29 is 14.5 Å². The van der Waals surface area contributed by atoms with Gasteiger partial charge in [-0.3, -0.25) is 0 Å². The van der Waals surface area contributed by atoms with Crippen LogP contribution in [0.1, 0.15) is 13.8 Å². The molecule has 2 aromatic carbocycles. The van der Waals surface area contributed by atoms with E-state index in [9.17, 15) is 14.5 Å². The summed E-state index contributed by atoms with van der Waals surface area (Å²) in [4.78, 5) is 13.6. The average Bonchev–Trinajstić information content (AvgIpc) is 2.89. The summed E-state index contributed by atoms with van der Waals surface area (Å²) in [5, 5.41) is 15.2. The van der Waals surface area contributed by atoms with E-state index in [1.807, 2.05) is 62.4 Å². The van der Waals surface area contributed by atoms with Gasteiger partial charge in [0.2, 0.25) is 0 Å². The van der Waals surface area contributed by atoms with E-state index in [0.29, 0.717) is 11.4 Å². The second-order valence-electron chi connectivity index (χ2n) is 6.18. The van der Waals surface area contributed by atoms with Crippen molar-refractivity contribution >= 4 is 36.8 Å². The quantitative estimate of drug-likeness (QED) is 0.604. The molecule has 0 saturated heterocycles. The SMILES string of the molecule is CC(C)CN(C(=O)O)P1(=O)Nc2ccc(Sc3ccccc3)cc2N1. The number of anilines is 2. The predicted octanol–water partition coefficient (Wildman–Crippen LogP) is 5.42. The molecule has 0 bridgehead atoms. The summed E-state index contributed by atoms with van der Waals surface area (Å²) in [6.07, 6.45) is -1.20. The molecule has 0 radical (unpaired) electrons. The Hall–Kier alpha value is -2.11. The molecule has 1 heterocycles. The molecule has 0 spiro atoms. The monoisotopic (exact) mass is 377 g/mol. The van der Waals surface area contributed by atoms with Gasteiger partial charge in [-0.05, 0) is 36.2 Å². The van der Waals surface area contributed by atoms with E-state index in [2.05, 4.69) is 10.2 Å². The van der Waals surface area contributed by atoms with Crippen molar-refractivity contribution in [3.05, 3.63) is 48.5 Å². The molecular weight excluding hydrogens is 357 g/mol. The van der Waals surface area contributed by atoms with Gasteiger partial charge in [-0.1, -0.05) is 43.8 Å². The van der Waals surface area contributed by atoms with Crippen LogP contribution in [0.5, 0.6) is 0 Å². The number of hydrogen-bond acceptors (Lipinski definition) is 3. The van der Waals surface area contributed by atoms with E-state index in [1.54, 1.807) is 11.8 Å². The third-order valence-corrected chi connectivity index (χ3v) is 6.71. The fraction of sp³-hybridized carbons (Fsp3) is 0.235. The third kappa shape index (κ3) is 3.94. The molecule has 0 aliphatic carbocycles. The van der Waals surface area contributed by atoms with Gasteiger partial charge in [0.15, 0.2) is 0 Å². The van der Waals surface area contributed by atoms with Gasteiger partial charge in [0.05, 0.1) is 11.4 Å². The van der Waals surface area contributed by atoms with E-state index in [0.717, 1.165) is 14.5 Å². The van der Waals surface area contributed by atoms with Crippen LogP contribution < -0.4 is 10.2 Å². The first kappa shape index (κ1) is 17.7. The van der Waals surface area contributed by atoms with Gasteiger partial charge < -0.3 is 15.3 Å². The Kier molecular flexibility index (Phi) is 4.97. The van der Waals surface area contributed by atoms with Crippen molar-refractivity contribution in [3.8, 4) is 0 Å². The number of hydrogen-bond donors (Lipinski definition) is 3. The molecule has 1 unspecified atom stereocenters. The number of carbonyl (C=O) groups is 1. The minimum atomic E-state index is -3.45. The summed E-state index contributed by atoms with van der Waals surface area (Å²) in [6, 6.07) is 15.6. The molecule has 1 aliphatic heterocycles. The number of benzene rings is 2. The molecule has 8 heteroatoms. The van der Waals surface area contributed by atoms with Crippen LogP contribution >= 0.6 is 19.4 Å². The average molecular weight is 377 g/mol. The summed E-state index contributed by atoms with van der Waals surface area (Å²) >= 11 is 1.59. The molecule has 3 N–H and O–H groups in total. The van der Waals surface area contributed by atoms with E-state index in [4.69, 9.17) is 0 Å². The Labute approximate surface area is 151 Å². The minimum Gasteiger partial charge on any atom is -0.465 e. The molecule has 25 heavy (non-hydrogen) atoms. The van der Waals surface area contributed by atoms with Gasteiger partial charge >= 0.3 is 13.7 Å². The summed E-state index contributed by atoms with van der Waals surface area (Å²) < 4.78 is 14.1. The van der Waals surface area contributed by atoms with Crippen LogP contribution in [0.15, 0.2) is 58.3 Å². The van der Waals surface area contributed by atoms with Crippen molar-refractivity contribution in [2.75, 3.05) is 16.7 Å². The fourth-order valence-electron chi connectivity index (χ4n) is 2.54. The van der Waals surface area contributed by atoms with Gasteiger partial charge in [-0.25, -0.2) is 14.0 Å². The molecule has 0 aromatic heterocycles. The van der Waals surface area contributed by atoms with Crippen LogP contribution in [-0.2, 0) is 4.57 Å². The van der Waals surface area contributed by atoms with E-state index in [-0.39, 0.29) is 12.5 Å². The zero-order valence-electron chi connectivity index (χ0n) is 14.0. The molecular formula is C17H20N3O3PS. The summed E-state index contributed by atoms with van der Waals surface area (Å²) in [5.74, 6) is 0.0680. The molecule has 1 atom stereocenters. The molecule has 0 saturated carbocycles. The lowest BCUT2D eigenvalue weighted by molar-refractivity contribution is 0.168. The number of nitrogens with one attached hydrogen (secondary N) is 2. The van der Waals surface area contributed by atoms with Crippen LogP contribution in [0.3, 0.4) is 0 Å². The number of fused-ring (bicyclic) bond motifs is 1. The minimum absolute atomic E-state index is 0.0680. The normalized spacial score (nSPS) is 18.4. The second kappa shape index (κ2) is 7.02. The topological polar surface area (TPSA) is 81.7 Å². The van der Waals surface area contributed by atoms with Crippen molar-refractivity contribution in [2.24, 2.45) is 5.92 Å². The standard InChI is InChI=1S/C17H20N3O3PS/c1-12(2)11-20(17(21)22)24(23)18-15-9-8-14(10-16(15)19-24)25-13-6-4-3-5-7-13/h3-10,12H,11H2,1-2H3,(H,21,22)(H2,18,19,23). The molecule has 1 aliphatic rings. The Morgan fingerprint density at radius 2 is 1.80 bits per heavy atom. The maximum absolute atomic E-state index is 13.1. The number of rotatable bonds is 5. The van der Waals surface area contributed by atoms with Crippen LogP contribution in [-0.4, -0.2) is 22.4 Å². The van der Waals surface area contributed by atoms with Gasteiger partial charge in [-0.2, -0.15) is 0 Å². The molecule has 2 aromatic rings. The molecule has 3 rings (SSSR count). The number of nitrogens with zero attached hydrogens (tertiary/aromatic N) is 1. The van der Waals surface area contributed by atoms with E-state index >= 15 is 0 Å². The van der Waals surface area contributed by atoms with E-state index < -0.39 is 13.7 Å². The summed E-state index contributed by atoms with van der Waals surface area (Å²) in [5.41, 5.74) is 1.30. The van der Waals surface area contributed by atoms with Crippen molar-refractivity contribution in [3.63, 3.8) is 0 Å². The van der Waals surface area contributed by atoms with Crippen molar-refractivity contribution in [2.45, 2.75) is 23.6 Å². The highest BCUT2D eigenvalue weighted by Gasteiger charge is 2.40. The lowest BCUT2D eigenvalue weighted by atomic mass is 10.2. The third-order valence-electron chi connectivity index (χ3n) is 3.61. The maximum Gasteiger partial charge on any atom is 0.415 e. The van der Waals surface area contributed by atoms with Crippen LogP contribution in [0.4, 0.5) is 16.2 Å². The smallest absolute Gasteiger partial charge is 0.415 e. The summed E-state index contributed by atoms with van der Waals surface area (Å²) in [6.45, 7) is 3.96. The Balaban J connectivity index is 1.82. The van der Waals surface area contributed by atoms with Crippen LogP contribution in [0.2, 0.25) is 0 Å². The van der Waals surface area contributed by atoms with Gasteiger partial charge in [0, 0.05) is 16.3 Å². The zero-order valence-corrected chi connectivity index (χ0v) is 15.7. The lowest BCUT2D eigenvalue weighted by Gasteiger charge is -2.27. The van der Waals surface area contributed by atoms with Crippen molar-refractivity contribution in [1.82, 2.24) is 4.67 Å². The number of carboxylic acid groups (broad SMARTS) is 1. The lowest BCUT2D eigenvalue weighted by Crippen LogP contribution is -2.33. The van der Waals surface area contributed by atoms with Gasteiger partial charge in [0.25, 0.3) is 0 Å². The highest BCUT2D eigenvalue weighted by Crippen LogP contribution is 2.57. The van der Waals surface area contributed by atoms with Gasteiger partial charge in [0.1, 0.15) is 0 Å². The maximum atomic E-state index is 13.1. The van der Waals surface area contributed by atoms with Crippen LogP contribution in [0.25, 0.3) is 0 Å². The van der Waals surface area contributed by atoms with Crippen molar-refractivity contribution in [1.29, 1.82) is 0 Å². The number of amides is 1.